The predicted octanol–water partition coefficient (Wildman–Crippen LogP) is 12.8. The molecule has 0 bridgehead atoms. The molecule has 0 radical (unpaired) electrons. The van der Waals surface area contributed by atoms with Crippen molar-refractivity contribution in [2.45, 2.75) is 206 Å². The summed E-state index contributed by atoms with van der Waals surface area (Å²) in [5, 5.41) is 0. The van der Waals surface area contributed by atoms with Gasteiger partial charge in [-0.3, -0.25) is 18.6 Å². The molecule has 1 heterocycles. The van der Waals surface area contributed by atoms with E-state index in [2.05, 4.69) is 62.5 Å². The van der Waals surface area contributed by atoms with Crippen molar-refractivity contribution in [3.05, 3.63) is 48.6 Å². The van der Waals surface area contributed by atoms with Gasteiger partial charge in [0.05, 0.1) is 40.0 Å². The second-order valence-corrected chi connectivity index (χ2v) is 19.0. The molecule has 1 aliphatic heterocycles. The summed E-state index contributed by atoms with van der Waals surface area (Å²) in [6, 6.07) is 0. The highest BCUT2D eigenvalue weighted by atomic mass is 31.2. The van der Waals surface area contributed by atoms with E-state index in [1.165, 1.54) is 64.2 Å². The first-order valence-electron chi connectivity index (χ1n) is 24.0. The van der Waals surface area contributed by atoms with Crippen LogP contribution in [0, 0.1) is 0 Å². The minimum atomic E-state index is -4.39. The molecular weight excluding hydrogens is 778 g/mol. The van der Waals surface area contributed by atoms with E-state index in [1.54, 1.807) is 0 Å². The highest BCUT2D eigenvalue weighted by Crippen LogP contribution is 2.43. The van der Waals surface area contributed by atoms with E-state index in [4.69, 9.17) is 23.3 Å². The number of hydrogen-bond acceptors (Lipinski definition) is 8. The molecule has 0 aromatic rings. The molecule has 1 saturated heterocycles. The number of carbonyl (C=O) groups is 2. The van der Waals surface area contributed by atoms with Crippen molar-refractivity contribution in [1.82, 2.24) is 0 Å². The van der Waals surface area contributed by atoms with Gasteiger partial charge in [0.25, 0.3) is 0 Å². The number of hydrogen-bond donors (Lipinski definition) is 1. The number of unbranched alkanes of at least 4 members (excludes halogenated alkanes) is 17. The van der Waals surface area contributed by atoms with Gasteiger partial charge in [0.15, 0.2) is 6.10 Å². The molecule has 11 heteroatoms. The van der Waals surface area contributed by atoms with Crippen molar-refractivity contribution < 1.29 is 46.8 Å². The summed E-state index contributed by atoms with van der Waals surface area (Å²) in [7, 11) is 1.44. The molecule has 4 atom stereocenters. The van der Waals surface area contributed by atoms with Crippen molar-refractivity contribution in [1.29, 1.82) is 0 Å². The minimum absolute atomic E-state index is 0.0220. The monoisotopic (exact) mass is 867 g/mol. The van der Waals surface area contributed by atoms with Gasteiger partial charge >= 0.3 is 19.8 Å². The molecule has 0 saturated carbocycles. The number of carbonyl (C=O) groups excluding carboxylic acids is 2. The smallest absolute Gasteiger partial charge is 0.462 e. The molecule has 0 spiro atoms. The van der Waals surface area contributed by atoms with Crippen molar-refractivity contribution in [3.63, 3.8) is 0 Å². The lowest BCUT2D eigenvalue weighted by molar-refractivity contribution is -0.870. The average Bonchev–Trinajstić information content (AvgIpc) is 3.96. The average molecular weight is 867 g/mol. The zero-order chi connectivity index (χ0) is 44.0. The lowest BCUT2D eigenvalue weighted by Gasteiger charge is -2.24. The maximum absolute atomic E-state index is 12.7. The molecule has 0 aliphatic carbocycles. The molecule has 1 rings (SSSR count). The Bertz CT molecular complexity index is 1230. The van der Waals surface area contributed by atoms with Gasteiger partial charge in [-0.05, 0) is 77.0 Å². The van der Waals surface area contributed by atoms with E-state index >= 15 is 0 Å². The lowest BCUT2D eigenvalue weighted by atomic mass is 10.1. The maximum atomic E-state index is 12.7. The number of phosphoric ester groups is 1. The Morgan fingerprint density at radius 1 is 0.617 bits per heavy atom. The number of quaternary nitrogens is 1. The summed E-state index contributed by atoms with van der Waals surface area (Å²) in [6.07, 6.45) is 46.0. The molecule has 60 heavy (non-hydrogen) atoms. The van der Waals surface area contributed by atoms with Crippen molar-refractivity contribution in [2.75, 3.05) is 47.5 Å². The quantitative estimate of drug-likeness (QED) is 0.0160. The van der Waals surface area contributed by atoms with E-state index in [0.717, 1.165) is 89.9 Å². The highest BCUT2D eigenvalue weighted by Gasteiger charge is 2.36. The van der Waals surface area contributed by atoms with E-state index in [0.29, 0.717) is 29.7 Å². The van der Waals surface area contributed by atoms with Crippen LogP contribution in [-0.2, 0) is 37.4 Å². The van der Waals surface area contributed by atoms with Gasteiger partial charge in [-0.2, -0.15) is 0 Å². The summed E-state index contributed by atoms with van der Waals surface area (Å²) < 4.78 is 40.2. The van der Waals surface area contributed by atoms with Crippen LogP contribution < -0.4 is 0 Å². The van der Waals surface area contributed by atoms with E-state index in [-0.39, 0.29) is 32.0 Å². The van der Waals surface area contributed by atoms with Gasteiger partial charge in [-0.25, -0.2) is 4.57 Å². The van der Waals surface area contributed by atoms with Crippen LogP contribution in [0.3, 0.4) is 0 Å². The zero-order valence-electron chi connectivity index (χ0n) is 38.9. The molecule has 0 aromatic heterocycles. The number of ether oxygens (including phenoxy) is 3. The minimum Gasteiger partial charge on any atom is -0.462 e. The largest absolute Gasteiger partial charge is 0.472 e. The van der Waals surface area contributed by atoms with Crippen molar-refractivity contribution >= 4 is 19.8 Å². The summed E-state index contributed by atoms with van der Waals surface area (Å²) >= 11 is 0. The fourth-order valence-corrected chi connectivity index (χ4v) is 7.36. The normalized spacial score (nSPS) is 17.3. The van der Waals surface area contributed by atoms with Crippen LogP contribution in [0.5, 0.6) is 0 Å². The van der Waals surface area contributed by atoms with Crippen molar-refractivity contribution in [2.24, 2.45) is 0 Å². The molecular formula is C49H89NO9P+. The second-order valence-electron chi connectivity index (χ2n) is 17.5. The van der Waals surface area contributed by atoms with Crippen LogP contribution in [0.1, 0.15) is 187 Å². The first-order chi connectivity index (χ1) is 29.0. The molecule has 10 nitrogen and oxygen atoms in total. The Labute approximate surface area is 367 Å². The Balaban J connectivity index is 2.26. The first kappa shape index (κ1) is 55.9. The van der Waals surface area contributed by atoms with Gasteiger partial charge in [0.1, 0.15) is 19.8 Å². The number of rotatable bonds is 42. The number of epoxide rings is 1. The fraction of sp³-hybridized carbons (Fsp3) is 0.796. The SMILES string of the molecule is CCCCC/C=C\CC1OC1CCCCCCCC(=O)O[C@H](COC(=O)CCCCCCCC/C=C\C/C=C\C/C=C\CCCCCC)COP(=O)(O)OCC[N+](C)(C)C. The number of likely N-dealkylation sites (N-methyl/N-ethyl adjacent to an activating group) is 1. The Morgan fingerprint density at radius 3 is 1.73 bits per heavy atom. The van der Waals surface area contributed by atoms with Gasteiger partial charge in [0, 0.05) is 12.8 Å². The van der Waals surface area contributed by atoms with Crippen LogP contribution >= 0.6 is 7.82 Å². The third-order valence-corrected chi connectivity index (χ3v) is 11.5. The lowest BCUT2D eigenvalue weighted by Crippen LogP contribution is -2.37. The summed E-state index contributed by atoms with van der Waals surface area (Å²) in [6.45, 7) is 4.33. The molecule has 1 fully saturated rings. The van der Waals surface area contributed by atoms with Gasteiger partial charge in [-0.1, -0.05) is 146 Å². The predicted molar refractivity (Wildman–Crippen MR) is 247 cm³/mol. The molecule has 0 amide bonds. The molecule has 1 N–H and O–H groups in total. The number of esters is 2. The Morgan fingerprint density at radius 2 is 1.12 bits per heavy atom. The fourth-order valence-electron chi connectivity index (χ4n) is 6.62. The topological polar surface area (TPSA) is 121 Å². The number of phosphoric acid groups is 1. The summed E-state index contributed by atoms with van der Waals surface area (Å²) in [5.41, 5.74) is 0. The summed E-state index contributed by atoms with van der Waals surface area (Å²) in [5.74, 6) is -0.837. The second kappa shape index (κ2) is 37.5. The third kappa shape index (κ3) is 37.7. The van der Waals surface area contributed by atoms with E-state index in [9.17, 15) is 19.0 Å². The highest BCUT2D eigenvalue weighted by molar-refractivity contribution is 7.47. The van der Waals surface area contributed by atoms with Crippen LogP contribution in [0.4, 0.5) is 0 Å². The van der Waals surface area contributed by atoms with Crippen molar-refractivity contribution in [3.8, 4) is 0 Å². The van der Waals surface area contributed by atoms with Crippen LogP contribution in [0.2, 0.25) is 0 Å². The Kier molecular flexibility index (Phi) is 34.9. The maximum Gasteiger partial charge on any atom is 0.472 e. The van der Waals surface area contributed by atoms with E-state index < -0.39 is 26.5 Å². The van der Waals surface area contributed by atoms with Crippen LogP contribution in [0.15, 0.2) is 48.6 Å². The van der Waals surface area contributed by atoms with Gasteiger partial charge in [0.2, 0.25) is 0 Å². The number of nitrogens with zero attached hydrogens (tertiary/aromatic N) is 1. The third-order valence-electron chi connectivity index (χ3n) is 10.5. The Hall–Kier alpha value is -2.07. The molecule has 0 aromatic carbocycles. The van der Waals surface area contributed by atoms with Crippen LogP contribution in [-0.4, -0.2) is 87.1 Å². The van der Waals surface area contributed by atoms with Gasteiger partial charge in [-0.15, -0.1) is 0 Å². The zero-order valence-corrected chi connectivity index (χ0v) is 39.8. The molecule has 3 unspecified atom stereocenters. The number of allylic oxidation sites excluding steroid dienone is 7. The first-order valence-corrected chi connectivity index (χ1v) is 25.5. The van der Waals surface area contributed by atoms with Gasteiger partial charge < -0.3 is 23.6 Å². The van der Waals surface area contributed by atoms with Crippen LogP contribution in [0.25, 0.3) is 0 Å². The standard InChI is InChI=1S/C49H88NO9P/c1-6-8-10-12-14-15-16-17-18-19-20-21-22-23-24-25-26-27-31-35-39-48(51)55-43-45(44-57-60(53,54)56-42-41-50(3,4)5)58-49(52)40-36-32-28-30-34-38-47-46(59-47)37-33-29-13-11-9-7-2/h15-16,18-19,21-22,29,33,45-47H,6-14,17,20,23-28,30-32,34-44H2,1-5H3/p+1/b16-15-,19-18-,22-21-,33-29-/t45-,46?,47?/m1/s1. The van der Waals surface area contributed by atoms with E-state index in [1.807, 2.05) is 21.1 Å². The molecule has 1 aliphatic rings. The molecule has 348 valence electrons. The summed E-state index contributed by atoms with van der Waals surface area (Å²) in [4.78, 5) is 35.5.